The lowest BCUT2D eigenvalue weighted by Gasteiger charge is -2.08. The molecule has 0 unspecified atom stereocenters. The number of rotatable bonds is 6. The van der Waals surface area contributed by atoms with Gasteiger partial charge in [-0.05, 0) is 23.6 Å². The van der Waals surface area contributed by atoms with E-state index in [1.165, 1.54) is 6.33 Å². The summed E-state index contributed by atoms with van der Waals surface area (Å²) in [6, 6.07) is 7.64. The van der Waals surface area contributed by atoms with Crippen LogP contribution in [0.15, 0.2) is 35.7 Å². The Morgan fingerprint density at radius 2 is 2.10 bits per heavy atom. The molecule has 0 spiro atoms. The number of carbonyl (C=O) groups is 1. The molecule has 0 bridgehead atoms. The molecule has 5 nitrogen and oxygen atoms in total. The van der Waals surface area contributed by atoms with Gasteiger partial charge >= 0.3 is 0 Å². The predicted octanol–water partition coefficient (Wildman–Crippen LogP) is 2.48. The highest BCUT2D eigenvalue weighted by atomic mass is 32.2. The molecule has 1 aromatic carbocycles. The molecule has 2 rings (SSSR count). The van der Waals surface area contributed by atoms with Crippen LogP contribution in [0.3, 0.4) is 0 Å². The van der Waals surface area contributed by atoms with Gasteiger partial charge in [-0.15, -0.1) is 0 Å². The third-order valence-electron chi connectivity index (χ3n) is 2.66. The van der Waals surface area contributed by atoms with Gasteiger partial charge in [0.1, 0.15) is 6.33 Å². The maximum Gasteiger partial charge on any atom is 0.251 e. The minimum Gasteiger partial charge on any atom is -0.352 e. The van der Waals surface area contributed by atoms with E-state index in [-0.39, 0.29) is 5.91 Å². The van der Waals surface area contributed by atoms with Crippen LogP contribution in [-0.4, -0.2) is 27.6 Å². The largest absolute Gasteiger partial charge is 0.352 e. The zero-order valence-corrected chi connectivity index (χ0v) is 12.4. The lowest BCUT2D eigenvalue weighted by Crippen LogP contribution is -2.27. The zero-order valence-electron chi connectivity index (χ0n) is 11.6. The van der Waals surface area contributed by atoms with Gasteiger partial charge in [-0.1, -0.05) is 37.7 Å². The number of aromatic nitrogens is 3. The second kappa shape index (κ2) is 7.09. The molecule has 0 saturated carbocycles. The van der Waals surface area contributed by atoms with Gasteiger partial charge in [0.2, 0.25) is 0 Å². The van der Waals surface area contributed by atoms with Crippen LogP contribution in [0.1, 0.15) is 29.8 Å². The fraction of sp³-hybridized carbons (Fsp3) is 0.357. The van der Waals surface area contributed by atoms with E-state index >= 15 is 0 Å². The fourth-order valence-electron chi connectivity index (χ4n) is 1.57. The Morgan fingerprint density at radius 1 is 1.35 bits per heavy atom. The summed E-state index contributed by atoms with van der Waals surface area (Å²) in [6.45, 7) is 4.84. The molecule has 0 atom stereocenters. The van der Waals surface area contributed by atoms with Gasteiger partial charge in [0.15, 0.2) is 5.16 Å². The van der Waals surface area contributed by atoms with Gasteiger partial charge in [-0.3, -0.25) is 9.89 Å². The van der Waals surface area contributed by atoms with E-state index in [1.807, 2.05) is 24.3 Å². The van der Waals surface area contributed by atoms with Crippen molar-refractivity contribution in [2.75, 3.05) is 6.54 Å². The van der Waals surface area contributed by atoms with E-state index < -0.39 is 0 Å². The normalized spacial score (nSPS) is 10.8. The monoisotopic (exact) mass is 290 g/mol. The highest BCUT2D eigenvalue weighted by Crippen LogP contribution is 2.18. The van der Waals surface area contributed by atoms with Gasteiger partial charge in [-0.25, -0.2) is 4.98 Å². The van der Waals surface area contributed by atoms with Crippen LogP contribution in [0.4, 0.5) is 0 Å². The van der Waals surface area contributed by atoms with Gasteiger partial charge < -0.3 is 5.32 Å². The van der Waals surface area contributed by atoms with Crippen LogP contribution in [0.25, 0.3) is 0 Å². The topological polar surface area (TPSA) is 70.7 Å². The number of hydrogen-bond donors (Lipinski definition) is 2. The summed E-state index contributed by atoms with van der Waals surface area (Å²) in [4.78, 5) is 15.9. The van der Waals surface area contributed by atoms with E-state index in [0.29, 0.717) is 18.0 Å². The Hall–Kier alpha value is -1.82. The van der Waals surface area contributed by atoms with Gasteiger partial charge in [0, 0.05) is 17.9 Å². The third kappa shape index (κ3) is 4.38. The standard InChI is InChI=1S/C14H18N4OS/c1-10(2)7-15-13(19)12-5-3-11(4-6-12)8-20-14-16-9-17-18-14/h3-6,9-10H,7-8H2,1-2H3,(H,15,19)(H,16,17,18). The Bertz CT molecular complexity index is 537. The maximum absolute atomic E-state index is 11.9. The summed E-state index contributed by atoms with van der Waals surface area (Å²) in [5.74, 6) is 1.23. The van der Waals surface area contributed by atoms with Crippen LogP contribution in [0.2, 0.25) is 0 Å². The Kier molecular flexibility index (Phi) is 5.17. The van der Waals surface area contributed by atoms with Crippen LogP contribution in [-0.2, 0) is 5.75 Å². The number of aromatic amines is 1. The summed E-state index contributed by atoms with van der Waals surface area (Å²) < 4.78 is 0. The molecule has 1 aromatic heterocycles. The van der Waals surface area contributed by atoms with Crippen molar-refractivity contribution < 1.29 is 4.79 Å². The SMILES string of the molecule is CC(C)CNC(=O)c1ccc(CSc2ncn[nH]2)cc1. The van der Waals surface area contributed by atoms with Crippen molar-refractivity contribution >= 4 is 17.7 Å². The van der Waals surface area contributed by atoms with Crippen molar-refractivity contribution in [1.29, 1.82) is 0 Å². The molecule has 0 aliphatic heterocycles. The van der Waals surface area contributed by atoms with E-state index in [1.54, 1.807) is 11.8 Å². The second-order valence-electron chi connectivity index (χ2n) is 4.88. The Balaban J connectivity index is 1.87. The van der Waals surface area contributed by atoms with Crippen molar-refractivity contribution in [3.8, 4) is 0 Å². The van der Waals surface area contributed by atoms with Crippen LogP contribution in [0, 0.1) is 5.92 Å². The number of nitrogens with zero attached hydrogens (tertiary/aromatic N) is 2. The third-order valence-corrected chi connectivity index (χ3v) is 3.60. The molecule has 1 amide bonds. The lowest BCUT2D eigenvalue weighted by molar-refractivity contribution is 0.0949. The maximum atomic E-state index is 11.9. The number of thioether (sulfide) groups is 1. The molecule has 2 aromatic rings. The number of carbonyl (C=O) groups excluding carboxylic acids is 1. The lowest BCUT2D eigenvalue weighted by atomic mass is 10.1. The van der Waals surface area contributed by atoms with E-state index in [4.69, 9.17) is 0 Å². The first-order chi connectivity index (χ1) is 9.65. The summed E-state index contributed by atoms with van der Waals surface area (Å²) in [5.41, 5.74) is 1.84. The molecule has 2 N–H and O–H groups in total. The summed E-state index contributed by atoms with van der Waals surface area (Å²) in [6.07, 6.45) is 1.49. The van der Waals surface area contributed by atoms with Crippen LogP contribution in [0.5, 0.6) is 0 Å². The van der Waals surface area contributed by atoms with Crippen LogP contribution < -0.4 is 5.32 Å². The van der Waals surface area contributed by atoms with Crippen molar-refractivity contribution in [2.45, 2.75) is 24.8 Å². The van der Waals surface area contributed by atoms with E-state index in [0.717, 1.165) is 16.5 Å². The first-order valence-electron chi connectivity index (χ1n) is 6.50. The number of benzene rings is 1. The Labute approximate surface area is 122 Å². The molecule has 0 fully saturated rings. The molecule has 106 valence electrons. The summed E-state index contributed by atoms with van der Waals surface area (Å²) >= 11 is 1.58. The molecule has 0 aliphatic rings. The zero-order chi connectivity index (χ0) is 14.4. The summed E-state index contributed by atoms with van der Waals surface area (Å²) in [5, 5.41) is 10.3. The molecule has 0 saturated heterocycles. The van der Waals surface area contributed by atoms with E-state index in [2.05, 4.69) is 34.3 Å². The van der Waals surface area contributed by atoms with Gasteiger partial charge in [0.05, 0.1) is 0 Å². The Morgan fingerprint density at radius 3 is 2.70 bits per heavy atom. The highest BCUT2D eigenvalue weighted by Gasteiger charge is 2.06. The number of hydrogen-bond acceptors (Lipinski definition) is 4. The minimum atomic E-state index is -0.0202. The molecule has 20 heavy (non-hydrogen) atoms. The fourth-order valence-corrected chi connectivity index (χ4v) is 2.30. The first-order valence-corrected chi connectivity index (χ1v) is 7.49. The summed E-state index contributed by atoms with van der Waals surface area (Å²) in [7, 11) is 0. The average Bonchev–Trinajstić information content (AvgIpc) is 2.96. The number of amides is 1. The van der Waals surface area contributed by atoms with Crippen molar-refractivity contribution in [1.82, 2.24) is 20.5 Å². The average molecular weight is 290 g/mol. The van der Waals surface area contributed by atoms with E-state index in [9.17, 15) is 4.79 Å². The van der Waals surface area contributed by atoms with Crippen molar-refractivity contribution in [3.05, 3.63) is 41.7 Å². The number of H-pyrrole nitrogens is 1. The minimum absolute atomic E-state index is 0.0202. The second-order valence-corrected chi connectivity index (χ2v) is 5.84. The first kappa shape index (κ1) is 14.6. The predicted molar refractivity (Wildman–Crippen MR) is 79.6 cm³/mol. The molecular formula is C14H18N4OS. The molecular weight excluding hydrogens is 272 g/mol. The van der Waals surface area contributed by atoms with Crippen molar-refractivity contribution in [2.24, 2.45) is 5.92 Å². The molecule has 0 aliphatic carbocycles. The number of nitrogens with one attached hydrogen (secondary N) is 2. The van der Waals surface area contributed by atoms with Gasteiger partial charge in [0.25, 0.3) is 5.91 Å². The molecule has 1 heterocycles. The van der Waals surface area contributed by atoms with Gasteiger partial charge in [-0.2, -0.15) is 5.10 Å². The molecule has 6 heteroatoms. The van der Waals surface area contributed by atoms with Crippen LogP contribution >= 0.6 is 11.8 Å². The molecule has 0 radical (unpaired) electrons. The smallest absolute Gasteiger partial charge is 0.251 e. The quantitative estimate of drug-likeness (QED) is 0.802. The van der Waals surface area contributed by atoms with Crippen molar-refractivity contribution in [3.63, 3.8) is 0 Å². The highest BCUT2D eigenvalue weighted by molar-refractivity contribution is 7.98.